The third-order valence-electron chi connectivity index (χ3n) is 6.03. The molecule has 0 aromatic heterocycles. The Morgan fingerprint density at radius 2 is 1.53 bits per heavy atom. The molecule has 0 radical (unpaired) electrons. The predicted molar refractivity (Wildman–Crippen MR) is 119 cm³/mol. The predicted octanol–water partition coefficient (Wildman–Crippen LogP) is 6.16. The van der Waals surface area contributed by atoms with Crippen LogP contribution in [-0.2, 0) is 27.6 Å². The van der Waals surface area contributed by atoms with Crippen molar-refractivity contribution >= 4 is 17.5 Å². The molecule has 0 saturated carbocycles. The number of nitrogens with one attached hydrogen (secondary N) is 2. The Labute approximate surface area is 231 Å². The highest BCUT2D eigenvalue weighted by Gasteiger charge is 2.64. The SMILES string of the molecule is Cc1cc(C2=NO[C@@](c3cc(C(F)(F)F)cc(C(F)(F)F)c3F)(C(F)(F)F)C2)ccc1C(=O)NCC(=O)NCC(F)(F)F. The van der Waals surface area contributed by atoms with Crippen molar-refractivity contribution in [3.05, 3.63) is 69.5 Å². The normalized spacial score (nSPS) is 17.8. The summed E-state index contributed by atoms with van der Waals surface area (Å²) in [5.41, 5.74) is -12.2. The van der Waals surface area contributed by atoms with E-state index in [0.29, 0.717) is 0 Å². The highest BCUT2D eigenvalue weighted by Crippen LogP contribution is 2.52. The van der Waals surface area contributed by atoms with Crippen LogP contribution in [0.3, 0.4) is 0 Å². The Bertz CT molecular complexity index is 1440. The van der Waals surface area contributed by atoms with Crippen LogP contribution in [0.5, 0.6) is 0 Å². The minimum atomic E-state index is -5.82. The Kier molecular flexibility index (Phi) is 8.72. The molecule has 1 aliphatic rings. The second-order valence-corrected chi connectivity index (χ2v) is 9.12. The molecule has 0 fully saturated rings. The maximum atomic E-state index is 14.9. The maximum absolute atomic E-state index is 14.9. The Morgan fingerprint density at radius 3 is 2.05 bits per heavy atom. The zero-order chi connectivity index (χ0) is 32.8. The lowest BCUT2D eigenvalue weighted by molar-refractivity contribution is -0.277. The number of halogens is 13. The number of carbonyl (C=O) groups excluding carboxylic acids is 2. The number of hydrogen-bond acceptors (Lipinski definition) is 4. The van der Waals surface area contributed by atoms with Crippen molar-refractivity contribution in [2.24, 2.45) is 5.16 Å². The van der Waals surface area contributed by atoms with E-state index in [4.69, 9.17) is 0 Å². The first-order valence-corrected chi connectivity index (χ1v) is 11.5. The fraction of sp³-hybridized carbons (Fsp3) is 0.375. The molecule has 2 amide bonds. The van der Waals surface area contributed by atoms with E-state index in [9.17, 15) is 66.7 Å². The van der Waals surface area contributed by atoms with Gasteiger partial charge in [0.1, 0.15) is 12.4 Å². The fourth-order valence-electron chi connectivity index (χ4n) is 3.94. The van der Waals surface area contributed by atoms with E-state index in [1.807, 2.05) is 5.32 Å². The summed E-state index contributed by atoms with van der Waals surface area (Å²) >= 11 is 0. The summed E-state index contributed by atoms with van der Waals surface area (Å²) in [4.78, 5) is 28.2. The first-order valence-electron chi connectivity index (χ1n) is 11.5. The van der Waals surface area contributed by atoms with Gasteiger partial charge in [0.25, 0.3) is 11.5 Å². The van der Waals surface area contributed by atoms with Crippen molar-refractivity contribution in [1.82, 2.24) is 10.6 Å². The molecule has 2 aromatic rings. The molecule has 1 atom stereocenters. The molecule has 2 N–H and O–H groups in total. The summed E-state index contributed by atoms with van der Waals surface area (Å²) in [7, 11) is 0. The van der Waals surface area contributed by atoms with E-state index in [1.54, 1.807) is 0 Å². The monoisotopic (exact) mass is 641 g/mol. The number of nitrogens with zero attached hydrogens (tertiary/aromatic N) is 1. The summed E-state index contributed by atoms with van der Waals surface area (Å²) in [6, 6.07) is 1.85. The zero-order valence-corrected chi connectivity index (χ0v) is 21.1. The summed E-state index contributed by atoms with van der Waals surface area (Å²) in [5, 5.41) is 6.68. The molecule has 0 bridgehead atoms. The topological polar surface area (TPSA) is 79.8 Å². The lowest BCUT2D eigenvalue weighted by atomic mass is 9.84. The van der Waals surface area contributed by atoms with Gasteiger partial charge in [-0.15, -0.1) is 0 Å². The molecule has 0 unspecified atom stereocenters. The second kappa shape index (κ2) is 11.2. The minimum Gasteiger partial charge on any atom is -0.374 e. The van der Waals surface area contributed by atoms with E-state index in [2.05, 4.69) is 9.99 Å². The van der Waals surface area contributed by atoms with E-state index in [0.717, 1.165) is 18.2 Å². The molecule has 2 aromatic carbocycles. The average Bonchev–Trinajstić information content (AvgIpc) is 3.31. The van der Waals surface area contributed by atoms with Crippen molar-refractivity contribution in [1.29, 1.82) is 0 Å². The Morgan fingerprint density at radius 1 is 0.907 bits per heavy atom. The molecule has 43 heavy (non-hydrogen) atoms. The largest absolute Gasteiger partial charge is 0.435 e. The first-order chi connectivity index (χ1) is 19.5. The summed E-state index contributed by atoms with van der Waals surface area (Å²) < 4.78 is 174. The van der Waals surface area contributed by atoms with E-state index in [1.165, 1.54) is 12.2 Å². The molecule has 6 nitrogen and oxygen atoms in total. The standard InChI is InChI=1S/C24H16F13N3O3/c1-10-4-11(2-3-13(10)19(42)38-8-17(41)39-9-21(26,27)28)16-7-20(43-40-16,24(35,36)37)14-5-12(22(29,30)31)6-15(18(14)25)23(32,33)34/h2-6H,7-9H2,1H3,(H,38,42)(H,39,41)/t20-/m0/s1. The minimum absolute atomic E-state index is 0.0116. The van der Waals surface area contributed by atoms with Gasteiger partial charge < -0.3 is 15.5 Å². The van der Waals surface area contributed by atoms with Gasteiger partial charge in [0.15, 0.2) is 0 Å². The molecule has 3 rings (SSSR count). The van der Waals surface area contributed by atoms with Crippen molar-refractivity contribution in [2.75, 3.05) is 13.1 Å². The molecule has 1 aliphatic heterocycles. The Balaban J connectivity index is 1.93. The van der Waals surface area contributed by atoms with Crippen LogP contribution in [-0.4, -0.2) is 43.0 Å². The number of carbonyl (C=O) groups is 2. The van der Waals surface area contributed by atoms with E-state index in [-0.39, 0.29) is 16.7 Å². The zero-order valence-electron chi connectivity index (χ0n) is 21.1. The molecule has 0 aliphatic carbocycles. The lowest BCUT2D eigenvalue weighted by Gasteiger charge is -2.31. The van der Waals surface area contributed by atoms with Gasteiger partial charge in [0, 0.05) is 11.1 Å². The van der Waals surface area contributed by atoms with Gasteiger partial charge in [-0.05, 0) is 42.3 Å². The van der Waals surface area contributed by atoms with Gasteiger partial charge in [-0.2, -0.15) is 52.7 Å². The van der Waals surface area contributed by atoms with Crippen molar-refractivity contribution in [2.45, 2.75) is 43.7 Å². The molecular weight excluding hydrogens is 625 g/mol. The smallest absolute Gasteiger partial charge is 0.374 e. The number of hydrogen-bond donors (Lipinski definition) is 2. The molecule has 0 spiro atoms. The summed E-state index contributed by atoms with van der Waals surface area (Å²) in [5.74, 6) is -4.85. The van der Waals surface area contributed by atoms with E-state index < -0.39 is 102 Å². The molecular formula is C24H16F13N3O3. The van der Waals surface area contributed by atoms with E-state index >= 15 is 0 Å². The number of benzene rings is 2. The van der Waals surface area contributed by atoms with Crippen LogP contribution < -0.4 is 10.6 Å². The van der Waals surface area contributed by atoms with Gasteiger partial charge >= 0.3 is 24.7 Å². The van der Waals surface area contributed by atoms with Crippen molar-refractivity contribution in [3.8, 4) is 0 Å². The number of oxime groups is 1. The molecule has 19 heteroatoms. The summed E-state index contributed by atoms with van der Waals surface area (Å²) in [6.45, 7) is -1.31. The quantitative estimate of drug-likeness (QED) is 0.371. The molecule has 0 saturated heterocycles. The van der Waals surface area contributed by atoms with Crippen LogP contribution in [0.15, 0.2) is 35.5 Å². The van der Waals surface area contributed by atoms with Gasteiger partial charge in [0.05, 0.1) is 29.8 Å². The first kappa shape index (κ1) is 33.4. The van der Waals surface area contributed by atoms with Crippen LogP contribution in [0, 0.1) is 12.7 Å². The van der Waals surface area contributed by atoms with Crippen LogP contribution in [0.25, 0.3) is 0 Å². The third-order valence-corrected chi connectivity index (χ3v) is 6.03. The maximum Gasteiger partial charge on any atom is 0.435 e. The molecule has 236 valence electrons. The highest BCUT2D eigenvalue weighted by atomic mass is 19.4. The average molecular weight is 641 g/mol. The van der Waals surface area contributed by atoms with Crippen LogP contribution in [0.1, 0.15) is 44.6 Å². The van der Waals surface area contributed by atoms with Crippen molar-refractivity contribution in [3.63, 3.8) is 0 Å². The van der Waals surface area contributed by atoms with Gasteiger partial charge in [-0.1, -0.05) is 11.2 Å². The van der Waals surface area contributed by atoms with Crippen molar-refractivity contribution < 1.29 is 71.5 Å². The van der Waals surface area contributed by atoms with Crippen LogP contribution >= 0.6 is 0 Å². The Hall–Kier alpha value is -4.06. The van der Waals surface area contributed by atoms with Crippen LogP contribution in [0.4, 0.5) is 57.1 Å². The fourth-order valence-corrected chi connectivity index (χ4v) is 3.94. The third kappa shape index (κ3) is 7.30. The van der Waals surface area contributed by atoms with Gasteiger partial charge in [0.2, 0.25) is 5.91 Å². The molecule has 1 heterocycles. The lowest BCUT2D eigenvalue weighted by Crippen LogP contribution is -2.44. The van der Waals surface area contributed by atoms with Gasteiger partial charge in [-0.25, -0.2) is 4.39 Å². The highest BCUT2D eigenvalue weighted by molar-refractivity contribution is 6.04. The number of aryl methyl sites for hydroxylation is 1. The van der Waals surface area contributed by atoms with Crippen LogP contribution in [0.2, 0.25) is 0 Å². The summed E-state index contributed by atoms with van der Waals surface area (Å²) in [6.07, 6.45) is -23.5. The number of alkyl halides is 12. The number of rotatable bonds is 6. The van der Waals surface area contributed by atoms with Gasteiger partial charge in [-0.3, -0.25) is 9.59 Å². The second-order valence-electron chi connectivity index (χ2n) is 9.12. The number of amides is 2.